The third kappa shape index (κ3) is 2.39. The summed E-state index contributed by atoms with van der Waals surface area (Å²) in [4.78, 5) is 4.79. The summed E-state index contributed by atoms with van der Waals surface area (Å²) in [5.41, 5.74) is 1.98. The van der Waals surface area contributed by atoms with Gasteiger partial charge >= 0.3 is 0 Å². The van der Waals surface area contributed by atoms with Crippen LogP contribution in [0.1, 0.15) is 11.1 Å². The number of benzene rings is 2. The lowest BCUT2D eigenvalue weighted by molar-refractivity contribution is 0.278. The lowest BCUT2D eigenvalue weighted by atomic mass is 9.94. The molecule has 0 bridgehead atoms. The van der Waals surface area contributed by atoms with Crippen molar-refractivity contribution in [3.8, 4) is 22.6 Å². The molecule has 0 aliphatic heterocycles. The molecule has 0 fully saturated rings. The van der Waals surface area contributed by atoms with Crippen molar-refractivity contribution in [2.45, 2.75) is 13.2 Å². The maximum Gasteiger partial charge on any atom is 0.155 e. The molecule has 0 atom stereocenters. The Balaban J connectivity index is 2.77. The predicted octanol–water partition coefficient (Wildman–Crippen LogP) is 1.30. The van der Waals surface area contributed by atoms with Crippen LogP contribution in [0.4, 0.5) is 0 Å². The zero-order valence-electron chi connectivity index (χ0n) is 10.2. The zero-order valence-corrected chi connectivity index (χ0v) is 10.2. The van der Waals surface area contributed by atoms with Crippen molar-refractivity contribution in [3.63, 3.8) is 0 Å². The highest BCUT2D eigenvalue weighted by Crippen LogP contribution is 2.40. The molecule has 0 unspecified atom stereocenters. The second-order valence-corrected chi connectivity index (χ2v) is 4.04. The van der Waals surface area contributed by atoms with Crippen LogP contribution in [-0.4, -0.2) is 15.3 Å². The Morgan fingerprint density at radius 3 is 2.05 bits per heavy atom. The molecule has 0 amide bonds. The average molecular weight is 261 g/mol. The van der Waals surface area contributed by atoms with Crippen LogP contribution in [0.3, 0.4) is 0 Å². The number of hydrogen-bond acceptors (Lipinski definition) is 5. The second-order valence-electron chi connectivity index (χ2n) is 4.04. The van der Waals surface area contributed by atoms with Gasteiger partial charge in [-0.15, -0.1) is 0 Å². The fourth-order valence-corrected chi connectivity index (χ4v) is 2.10. The first-order chi connectivity index (χ1) is 9.22. The Bertz CT molecular complexity index is 561. The third-order valence-electron chi connectivity index (χ3n) is 2.96. The molecule has 19 heavy (non-hydrogen) atoms. The highest BCUT2D eigenvalue weighted by atomic mass is 16.6. The Morgan fingerprint density at radius 1 is 0.895 bits per heavy atom. The number of phenolic OH excluding ortho intramolecular Hbond substituents is 1. The molecular formula is C14H15NO4. The second kappa shape index (κ2) is 5.71. The molecule has 2 aromatic rings. The summed E-state index contributed by atoms with van der Waals surface area (Å²) in [6.45, 7) is -0.473. The van der Waals surface area contributed by atoms with Crippen molar-refractivity contribution in [1.82, 2.24) is 0 Å². The highest BCUT2D eigenvalue weighted by Gasteiger charge is 2.18. The molecule has 2 aromatic carbocycles. The van der Waals surface area contributed by atoms with E-state index in [2.05, 4.69) is 0 Å². The Labute approximate surface area is 110 Å². The molecule has 0 saturated heterocycles. The monoisotopic (exact) mass is 261 g/mol. The van der Waals surface area contributed by atoms with E-state index >= 15 is 0 Å². The van der Waals surface area contributed by atoms with Crippen molar-refractivity contribution >= 4 is 0 Å². The molecule has 5 N–H and O–H groups in total. The van der Waals surface area contributed by atoms with Gasteiger partial charge in [-0.1, -0.05) is 24.3 Å². The van der Waals surface area contributed by atoms with Crippen molar-refractivity contribution in [2.24, 2.45) is 5.90 Å². The van der Waals surface area contributed by atoms with Gasteiger partial charge in [-0.05, 0) is 23.3 Å². The molecular weight excluding hydrogens is 246 g/mol. The fraction of sp³-hybridized carbons (Fsp3) is 0.143. The average Bonchev–Trinajstić information content (AvgIpc) is 2.46. The van der Waals surface area contributed by atoms with E-state index in [-0.39, 0.29) is 19.0 Å². The van der Waals surface area contributed by atoms with Crippen molar-refractivity contribution in [1.29, 1.82) is 0 Å². The Hall–Kier alpha value is -2.08. The minimum atomic E-state index is -0.243. The topological polar surface area (TPSA) is 95.9 Å². The van der Waals surface area contributed by atoms with Crippen molar-refractivity contribution in [2.75, 3.05) is 0 Å². The molecule has 0 spiro atoms. The summed E-state index contributed by atoms with van der Waals surface area (Å²) < 4.78 is 0. The van der Waals surface area contributed by atoms with Crippen LogP contribution in [-0.2, 0) is 13.2 Å². The van der Waals surface area contributed by atoms with Gasteiger partial charge in [0.2, 0.25) is 0 Å². The third-order valence-corrected chi connectivity index (χ3v) is 2.96. The van der Waals surface area contributed by atoms with Gasteiger partial charge in [0.1, 0.15) is 5.75 Å². The number of rotatable bonds is 4. The maximum absolute atomic E-state index is 10.0. The summed E-state index contributed by atoms with van der Waals surface area (Å²) in [6.07, 6.45) is 0. The van der Waals surface area contributed by atoms with Crippen LogP contribution in [0.25, 0.3) is 11.1 Å². The molecule has 0 aliphatic carbocycles. The Kier molecular flexibility index (Phi) is 4.01. The minimum absolute atomic E-state index is 0.00856. The smallest absolute Gasteiger partial charge is 0.155 e. The summed E-state index contributed by atoms with van der Waals surface area (Å²) in [5, 5.41) is 28.8. The largest absolute Gasteiger partial charge is 0.507 e. The van der Waals surface area contributed by atoms with Gasteiger partial charge in [0.25, 0.3) is 0 Å². The quantitative estimate of drug-likeness (QED) is 0.622. The van der Waals surface area contributed by atoms with Gasteiger partial charge in [0, 0.05) is 11.1 Å². The predicted molar refractivity (Wildman–Crippen MR) is 70.2 cm³/mol. The standard InChI is InChI=1S/C14H15NO4/c15-19-12-6-2-4-10(8-17)14(12)13-9(7-16)3-1-5-11(13)18/h1-6,16-18H,7-8,15H2. The van der Waals surface area contributed by atoms with E-state index in [4.69, 9.17) is 10.7 Å². The molecule has 0 aromatic heterocycles. The van der Waals surface area contributed by atoms with E-state index < -0.39 is 0 Å². The molecule has 0 aliphatic rings. The van der Waals surface area contributed by atoms with Crippen molar-refractivity contribution in [3.05, 3.63) is 47.5 Å². The lowest BCUT2D eigenvalue weighted by Crippen LogP contribution is -2.06. The number of aromatic hydroxyl groups is 1. The van der Waals surface area contributed by atoms with Gasteiger partial charge < -0.3 is 20.2 Å². The van der Waals surface area contributed by atoms with Gasteiger partial charge in [-0.2, -0.15) is 5.90 Å². The van der Waals surface area contributed by atoms with E-state index in [1.54, 1.807) is 30.3 Å². The normalized spacial score (nSPS) is 10.5. The maximum atomic E-state index is 10.0. The van der Waals surface area contributed by atoms with Gasteiger partial charge in [0.05, 0.1) is 13.2 Å². The van der Waals surface area contributed by atoms with E-state index in [0.717, 1.165) is 0 Å². The van der Waals surface area contributed by atoms with Gasteiger partial charge in [-0.3, -0.25) is 0 Å². The van der Waals surface area contributed by atoms with Gasteiger partial charge in [0.15, 0.2) is 5.75 Å². The molecule has 2 rings (SSSR count). The van der Waals surface area contributed by atoms with E-state index in [0.29, 0.717) is 28.0 Å². The molecule has 0 heterocycles. The Morgan fingerprint density at radius 2 is 1.47 bits per heavy atom. The van der Waals surface area contributed by atoms with Crippen LogP contribution >= 0.6 is 0 Å². The minimum Gasteiger partial charge on any atom is -0.507 e. The van der Waals surface area contributed by atoms with Crippen LogP contribution in [0, 0.1) is 0 Å². The molecule has 0 saturated carbocycles. The molecule has 5 heteroatoms. The van der Waals surface area contributed by atoms with Crippen LogP contribution in [0.15, 0.2) is 36.4 Å². The van der Waals surface area contributed by atoms with E-state index in [1.165, 1.54) is 6.07 Å². The molecule has 0 radical (unpaired) electrons. The summed E-state index contributed by atoms with van der Waals surface area (Å²) in [7, 11) is 0. The summed E-state index contributed by atoms with van der Waals surface area (Å²) in [5.74, 6) is 5.54. The van der Waals surface area contributed by atoms with Crippen LogP contribution in [0.5, 0.6) is 11.5 Å². The number of phenols is 1. The number of aliphatic hydroxyl groups excluding tert-OH is 2. The molecule has 5 nitrogen and oxygen atoms in total. The number of nitrogens with two attached hydrogens (primary N) is 1. The van der Waals surface area contributed by atoms with Crippen LogP contribution < -0.4 is 10.7 Å². The van der Waals surface area contributed by atoms with E-state index in [9.17, 15) is 15.3 Å². The first-order valence-corrected chi connectivity index (χ1v) is 5.74. The molecule has 100 valence electrons. The summed E-state index contributed by atoms with van der Waals surface area (Å²) in [6, 6.07) is 9.84. The number of hydrogen-bond donors (Lipinski definition) is 4. The van der Waals surface area contributed by atoms with Crippen molar-refractivity contribution < 1.29 is 20.2 Å². The van der Waals surface area contributed by atoms with Gasteiger partial charge in [-0.25, -0.2) is 0 Å². The lowest BCUT2D eigenvalue weighted by Gasteiger charge is -2.16. The van der Waals surface area contributed by atoms with E-state index in [1.807, 2.05) is 0 Å². The zero-order chi connectivity index (χ0) is 13.8. The fourth-order valence-electron chi connectivity index (χ4n) is 2.10. The first-order valence-electron chi connectivity index (χ1n) is 5.74. The summed E-state index contributed by atoms with van der Waals surface area (Å²) >= 11 is 0. The first kappa shape index (κ1) is 13.4. The highest BCUT2D eigenvalue weighted by molar-refractivity contribution is 5.81. The van der Waals surface area contributed by atoms with Crippen LogP contribution in [0.2, 0.25) is 0 Å². The SMILES string of the molecule is NOc1cccc(CO)c1-c1c(O)cccc1CO. The number of aliphatic hydroxyl groups is 2.